The van der Waals surface area contributed by atoms with Crippen molar-refractivity contribution >= 4 is 11.8 Å². The molecule has 3 aromatic carbocycles. The fraction of sp³-hybridized carbons (Fsp3) is 0.310. The van der Waals surface area contributed by atoms with Gasteiger partial charge in [0, 0.05) is 19.5 Å². The lowest BCUT2D eigenvalue weighted by atomic mass is 10.0. The summed E-state index contributed by atoms with van der Waals surface area (Å²) < 4.78 is 19.6. The van der Waals surface area contributed by atoms with Gasteiger partial charge < -0.3 is 15.0 Å². The van der Waals surface area contributed by atoms with E-state index in [9.17, 15) is 14.0 Å². The predicted molar refractivity (Wildman–Crippen MR) is 135 cm³/mol. The molecule has 5 nitrogen and oxygen atoms in total. The molecule has 1 N–H and O–H groups in total. The summed E-state index contributed by atoms with van der Waals surface area (Å²) in [4.78, 5) is 28.4. The van der Waals surface area contributed by atoms with Gasteiger partial charge in [-0.05, 0) is 36.1 Å². The molecule has 35 heavy (non-hydrogen) atoms. The summed E-state index contributed by atoms with van der Waals surface area (Å²) in [5, 5.41) is 2.98. The van der Waals surface area contributed by atoms with Crippen LogP contribution in [-0.4, -0.2) is 35.9 Å². The average Bonchev–Trinajstić information content (AvgIpc) is 2.85. The lowest BCUT2D eigenvalue weighted by molar-refractivity contribution is -0.142. The van der Waals surface area contributed by atoms with Gasteiger partial charge in [0.2, 0.25) is 5.91 Å². The van der Waals surface area contributed by atoms with E-state index in [0.29, 0.717) is 13.0 Å². The van der Waals surface area contributed by atoms with Gasteiger partial charge in [0.25, 0.3) is 5.91 Å². The Morgan fingerprint density at radius 2 is 1.57 bits per heavy atom. The third kappa shape index (κ3) is 7.95. The highest BCUT2D eigenvalue weighted by molar-refractivity contribution is 5.88. The van der Waals surface area contributed by atoms with Crippen LogP contribution in [0.1, 0.15) is 30.5 Å². The van der Waals surface area contributed by atoms with Crippen molar-refractivity contribution in [2.45, 2.75) is 39.8 Å². The Kier molecular flexibility index (Phi) is 9.41. The van der Waals surface area contributed by atoms with Gasteiger partial charge in [0.05, 0.1) is 0 Å². The number of rotatable bonds is 11. The fourth-order valence-electron chi connectivity index (χ4n) is 3.65. The number of carbonyl (C=O) groups excluding carboxylic acids is 2. The molecule has 0 aliphatic heterocycles. The van der Waals surface area contributed by atoms with Crippen LogP contribution in [0.15, 0.2) is 78.9 Å². The van der Waals surface area contributed by atoms with Gasteiger partial charge in [-0.25, -0.2) is 4.39 Å². The Balaban J connectivity index is 1.90. The predicted octanol–water partition coefficient (Wildman–Crippen LogP) is 4.93. The van der Waals surface area contributed by atoms with E-state index in [1.165, 1.54) is 17.0 Å². The summed E-state index contributed by atoms with van der Waals surface area (Å²) in [6, 6.07) is 22.6. The molecule has 0 unspecified atom stereocenters. The zero-order valence-corrected chi connectivity index (χ0v) is 20.5. The molecule has 3 aromatic rings. The topological polar surface area (TPSA) is 58.6 Å². The molecule has 0 heterocycles. The number of amides is 2. The van der Waals surface area contributed by atoms with Gasteiger partial charge >= 0.3 is 0 Å². The molecule has 0 spiro atoms. The maximum atomic E-state index is 14.1. The largest absolute Gasteiger partial charge is 0.481 e. The second-order valence-electron chi connectivity index (χ2n) is 9.07. The lowest BCUT2D eigenvalue weighted by Crippen LogP contribution is -2.52. The van der Waals surface area contributed by atoms with E-state index in [1.54, 1.807) is 12.1 Å². The average molecular weight is 477 g/mol. The molecule has 1 atom stereocenters. The van der Waals surface area contributed by atoms with E-state index < -0.39 is 17.8 Å². The van der Waals surface area contributed by atoms with Crippen LogP contribution in [0.2, 0.25) is 0 Å². The van der Waals surface area contributed by atoms with Crippen LogP contribution in [0.4, 0.5) is 4.39 Å². The number of para-hydroxylation sites is 1. The monoisotopic (exact) mass is 476 g/mol. The molecular formula is C29H33FN2O3. The fourth-order valence-corrected chi connectivity index (χ4v) is 3.65. The highest BCUT2D eigenvalue weighted by Gasteiger charge is 2.30. The van der Waals surface area contributed by atoms with Crippen molar-refractivity contribution in [2.75, 3.05) is 13.2 Å². The maximum absolute atomic E-state index is 14.1. The van der Waals surface area contributed by atoms with E-state index in [1.807, 2.05) is 75.4 Å². The van der Waals surface area contributed by atoms with E-state index >= 15 is 0 Å². The smallest absolute Gasteiger partial charge is 0.261 e. The SMILES string of the molecule is Cc1ccc(CN(C(=O)COc2ccccc2F)[C@H](Cc2ccccc2)C(=O)NCC(C)C)cc1. The number of benzene rings is 3. The highest BCUT2D eigenvalue weighted by Crippen LogP contribution is 2.18. The highest BCUT2D eigenvalue weighted by atomic mass is 19.1. The number of hydrogen-bond donors (Lipinski definition) is 1. The molecule has 2 amide bonds. The van der Waals surface area contributed by atoms with Crippen LogP contribution in [0, 0.1) is 18.7 Å². The molecule has 3 rings (SSSR count). The van der Waals surface area contributed by atoms with Crippen molar-refractivity contribution in [1.29, 1.82) is 0 Å². The first-order chi connectivity index (χ1) is 16.8. The second kappa shape index (κ2) is 12.7. The Labute approximate surface area is 206 Å². The number of halogens is 1. The second-order valence-corrected chi connectivity index (χ2v) is 9.07. The van der Waals surface area contributed by atoms with Gasteiger partial charge in [-0.15, -0.1) is 0 Å². The number of aryl methyl sites for hydroxylation is 1. The van der Waals surface area contributed by atoms with E-state index in [2.05, 4.69) is 5.32 Å². The molecule has 0 aromatic heterocycles. The zero-order chi connectivity index (χ0) is 25.2. The van der Waals surface area contributed by atoms with E-state index in [0.717, 1.165) is 16.7 Å². The summed E-state index contributed by atoms with van der Waals surface area (Å²) >= 11 is 0. The quantitative estimate of drug-likeness (QED) is 0.427. The molecule has 0 saturated heterocycles. The first-order valence-corrected chi connectivity index (χ1v) is 11.9. The van der Waals surface area contributed by atoms with Gasteiger partial charge in [-0.3, -0.25) is 9.59 Å². The number of ether oxygens (including phenoxy) is 1. The third-order valence-corrected chi connectivity index (χ3v) is 5.62. The standard InChI is InChI=1S/C29H33FN2O3/c1-21(2)18-31-29(34)26(17-23-9-5-4-6-10-23)32(19-24-15-13-22(3)14-16-24)28(33)20-35-27-12-8-7-11-25(27)30/h4-16,21,26H,17-20H2,1-3H3,(H,31,34)/t26-/m1/s1. The van der Waals surface area contributed by atoms with Crippen molar-refractivity contribution in [3.05, 3.63) is 101 Å². The van der Waals surface area contributed by atoms with Crippen molar-refractivity contribution in [3.8, 4) is 5.75 Å². The first-order valence-electron chi connectivity index (χ1n) is 11.9. The Bertz CT molecular complexity index is 1100. The summed E-state index contributed by atoms with van der Waals surface area (Å²) in [5.74, 6) is -0.897. The first kappa shape index (κ1) is 25.9. The molecule has 6 heteroatoms. The van der Waals surface area contributed by atoms with Crippen LogP contribution < -0.4 is 10.1 Å². The summed E-state index contributed by atoms with van der Waals surface area (Å²) in [5.41, 5.74) is 2.93. The molecule has 184 valence electrons. The van der Waals surface area contributed by atoms with Crippen molar-refractivity contribution in [2.24, 2.45) is 5.92 Å². The van der Waals surface area contributed by atoms with Gasteiger partial charge in [0.1, 0.15) is 6.04 Å². The van der Waals surface area contributed by atoms with Crippen molar-refractivity contribution < 1.29 is 18.7 Å². The van der Waals surface area contributed by atoms with Crippen LogP contribution in [-0.2, 0) is 22.6 Å². The minimum Gasteiger partial charge on any atom is -0.481 e. The van der Waals surface area contributed by atoms with Gasteiger partial charge in [0.15, 0.2) is 18.2 Å². The molecule has 0 bridgehead atoms. The third-order valence-electron chi connectivity index (χ3n) is 5.62. The minimum atomic E-state index is -0.755. The number of carbonyl (C=O) groups is 2. The van der Waals surface area contributed by atoms with Crippen LogP contribution >= 0.6 is 0 Å². The van der Waals surface area contributed by atoms with Crippen LogP contribution in [0.25, 0.3) is 0 Å². The molecule has 0 fully saturated rings. The summed E-state index contributed by atoms with van der Waals surface area (Å²) in [6.45, 7) is 6.38. The van der Waals surface area contributed by atoms with Gasteiger partial charge in [-0.1, -0.05) is 86.1 Å². The molecule has 0 aliphatic rings. The molecular weight excluding hydrogens is 443 g/mol. The molecule has 0 radical (unpaired) electrons. The van der Waals surface area contributed by atoms with Crippen molar-refractivity contribution in [3.63, 3.8) is 0 Å². The Morgan fingerprint density at radius 3 is 2.23 bits per heavy atom. The van der Waals surface area contributed by atoms with Crippen molar-refractivity contribution in [1.82, 2.24) is 10.2 Å². The molecule has 0 aliphatic carbocycles. The Morgan fingerprint density at radius 1 is 0.914 bits per heavy atom. The summed E-state index contributed by atoms with van der Waals surface area (Å²) in [7, 11) is 0. The number of nitrogens with zero attached hydrogens (tertiary/aromatic N) is 1. The normalized spacial score (nSPS) is 11.7. The summed E-state index contributed by atoms with van der Waals surface area (Å²) in [6.07, 6.45) is 0.349. The Hall–Kier alpha value is -3.67. The zero-order valence-electron chi connectivity index (χ0n) is 20.5. The lowest BCUT2D eigenvalue weighted by Gasteiger charge is -2.31. The minimum absolute atomic E-state index is 0.00000425. The van der Waals surface area contributed by atoms with E-state index in [4.69, 9.17) is 4.74 Å². The number of nitrogens with one attached hydrogen (secondary N) is 1. The number of hydrogen-bond acceptors (Lipinski definition) is 3. The van der Waals surface area contributed by atoms with Crippen LogP contribution in [0.5, 0.6) is 5.75 Å². The molecule has 0 saturated carbocycles. The maximum Gasteiger partial charge on any atom is 0.261 e. The van der Waals surface area contributed by atoms with E-state index in [-0.39, 0.29) is 30.7 Å². The van der Waals surface area contributed by atoms with Gasteiger partial charge in [-0.2, -0.15) is 0 Å². The van der Waals surface area contributed by atoms with Crippen LogP contribution in [0.3, 0.4) is 0 Å².